The van der Waals surface area contributed by atoms with E-state index in [-0.39, 0.29) is 11.1 Å². The van der Waals surface area contributed by atoms with Crippen LogP contribution in [0.3, 0.4) is 0 Å². The van der Waals surface area contributed by atoms with Crippen molar-refractivity contribution in [3.05, 3.63) is 42.5 Å². The number of rotatable bonds is 7. The van der Waals surface area contributed by atoms with E-state index in [0.717, 1.165) is 5.56 Å². The Morgan fingerprint density at radius 3 is 2.50 bits per heavy atom. The van der Waals surface area contributed by atoms with Crippen molar-refractivity contribution in [3.63, 3.8) is 0 Å². The average molecular weight is 290 g/mol. The van der Waals surface area contributed by atoms with E-state index in [1.807, 2.05) is 6.92 Å². The van der Waals surface area contributed by atoms with Gasteiger partial charge in [0.2, 0.25) is 0 Å². The molecule has 0 N–H and O–H groups in total. The molecule has 0 saturated heterocycles. The lowest BCUT2D eigenvalue weighted by atomic mass is 10.2. The van der Waals surface area contributed by atoms with Crippen LogP contribution in [0.25, 0.3) is 0 Å². The van der Waals surface area contributed by atoms with E-state index in [1.54, 1.807) is 12.1 Å². The fourth-order valence-electron chi connectivity index (χ4n) is 1.10. The van der Waals surface area contributed by atoms with E-state index in [4.69, 9.17) is 4.52 Å². The first kappa shape index (κ1) is 15.1. The summed E-state index contributed by atoms with van der Waals surface area (Å²) in [7, 11) is -6.17. The second-order valence-corrected chi connectivity index (χ2v) is 6.57. The molecule has 0 aliphatic rings. The zero-order valence-corrected chi connectivity index (χ0v) is 11.8. The summed E-state index contributed by atoms with van der Waals surface area (Å²) in [6.07, 6.45) is 1.63. The minimum Gasteiger partial charge on any atom is -0.301 e. The maximum atomic E-state index is 11.7. The second-order valence-electron chi connectivity index (χ2n) is 3.51. The van der Waals surface area contributed by atoms with Crippen LogP contribution in [0.5, 0.6) is 0 Å². The standard InChI is InChI=1S/C11H15O5PS/c1-3-8-17(12)15-9-16-18(13,14)11-6-4-10(2)5-7-11/h3-7,17H,1,8-9H2,2H3. The molecule has 0 heterocycles. The van der Waals surface area contributed by atoms with Gasteiger partial charge in [-0.25, -0.2) is 4.18 Å². The van der Waals surface area contributed by atoms with Crippen molar-refractivity contribution < 1.29 is 21.7 Å². The van der Waals surface area contributed by atoms with Gasteiger partial charge in [-0.3, -0.25) is 4.57 Å². The largest absolute Gasteiger partial charge is 0.301 e. The molecule has 1 rings (SSSR count). The van der Waals surface area contributed by atoms with Gasteiger partial charge in [0.25, 0.3) is 10.1 Å². The first-order valence-electron chi connectivity index (χ1n) is 5.18. The number of benzene rings is 1. The highest BCUT2D eigenvalue weighted by molar-refractivity contribution is 7.86. The zero-order chi connectivity index (χ0) is 13.6. The second kappa shape index (κ2) is 6.85. The molecule has 1 atom stereocenters. The smallest absolute Gasteiger partial charge is 0.299 e. The number of allylic oxidation sites excluding steroid dienone is 1. The number of aryl methyl sites for hydroxylation is 1. The molecule has 0 aliphatic carbocycles. The average Bonchev–Trinajstić information content (AvgIpc) is 2.29. The Kier molecular flexibility index (Phi) is 5.75. The molecule has 7 heteroatoms. The van der Waals surface area contributed by atoms with Gasteiger partial charge in [0.1, 0.15) is 0 Å². The van der Waals surface area contributed by atoms with Crippen molar-refractivity contribution in [2.45, 2.75) is 11.8 Å². The van der Waals surface area contributed by atoms with Gasteiger partial charge in [0.05, 0.1) is 4.90 Å². The van der Waals surface area contributed by atoms with E-state index in [2.05, 4.69) is 10.8 Å². The predicted molar refractivity (Wildman–Crippen MR) is 69.5 cm³/mol. The van der Waals surface area contributed by atoms with Crippen LogP contribution in [0.15, 0.2) is 41.8 Å². The molecule has 1 unspecified atom stereocenters. The Morgan fingerprint density at radius 1 is 1.33 bits per heavy atom. The monoisotopic (exact) mass is 290 g/mol. The van der Waals surface area contributed by atoms with Crippen LogP contribution in [0.2, 0.25) is 0 Å². The molecule has 0 saturated carbocycles. The number of hydrogen-bond acceptors (Lipinski definition) is 5. The van der Waals surface area contributed by atoms with E-state index in [9.17, 15) is 13.0 Å². The number of hydrogen-bond donors (Lipinski definition) is 0. The predicted octanol–water partition coefficient (Wildman–Crippen LogP) is 2.34. The van der Waals surface area contributed by atoms with Crippen LogP contribution in [0.4, 0.5) is 0 Å². The Morgan fingerprint density at radius 2 is 1.94 bits per heavy atom. The topological polar surface area (TPSA) is 69.7 Å². The lowest BCUT2D eigenvalue weighted by Crippen LogP contribution is -2.08. The summed E-state index contributed by atoms with van der Waals surface area (Å²) in [5.41, 5.74) is 0.946. The third-order valence-corrected chi connectivity index (χ3v) is 4.36. The fourth-order valence-corrected chi connectivity index (χ4v) is 2.51. The van der Waals surface area contributed by atoms with Crippen LogP contribution in [-0.2, 0) is 23.4 Å². The molecule has 0 aromatic heterocycles. The van der Waals surface area contributed by atoms with Crippen molar-refractivity contribution in [1.29, 1.82) is 0 Å². The van der Waals surface area contributed by atoms with Crippen molar-refractivity contribution in [2.24, 2.45) is 0 Å². The van der Waals surface area contributed by atoms with Crippen molar-refractivity contribution in [2.75, 3.05) is 13.0 Å². The summed E-state index contributed by atoms with van der Waals surface area (Å²) in [5.74, 6) is 0. The van der Waals surface area contributed by atoms with Gasteiger partial charge in [0.15, 0.2) is 14.8 Å². The van der Waals surface area contributed by atoms with Gasteiger partial charge in [-0.15, -0.1) is 6.58 Å². The Balaban J connectivity index is 2.58. The van der Waals surface area contributed by atoms with E-state index < -0.39 is 24.9 Å². The molecule has 1 aromatic carbocycles. The van der Waals surface area contributed by atoms with Gasteiger partial charge >= 0.3 is 0 Å². The highest BCUT2D eigenvalue weighted by Gasteiger charge is 2.15. The summed E-state index contributed by atoms with van der Waals surface area (Å²) < 4.78 is 43.8. The molecule has 0 spiro atoms. The van der Waals surface area contributed by atoms with Crippen LogP contribution in [0.1, 0.15) is 5.56 Å². The molecular formula is C11H15O5PS. The summed E-state index contributed by atoms with van der Waals surface area (Å²) in [4.78, 5) is 0.0418. The molecule has 100 valence electrons. The first-order valence-corrected chi connectivity index (χ1v) is 8.11. The van der Waals surface area contributed by atoms with Crippen molar-refractivity contribution >= 4 is 18.1 Å². The highest BCUT2D eigenvalue weighted by Crippen LogP contribution is 2.22. The Hall–Kier alpha value is -0.940. The van der Waals surface area contributed by atoms with Gasteiger partial charge in [-0.05, 0) is 19.1 Å². The maximum Gasteiger partial charge on any atom is 0.299 e. The lowest BCUT2D eigenvalue weighted by molar-refractivity contribution is 0.135. The maximum absolute atomic E-state index is 11.7. The minimum atomic E-state index is -3.86. The summed E-state index contributed by atoms with van der Waals surface area (Å²) in [6, 6.07) is 6.21. The van der Waals surface area contributed by atoms with E-state index in [0.29, 0.717) is 0 Å². The summed E-state index contributed by atoms with van der Waals surface area (Å²) in [6.45, 7) is 4.69. The van der Waals surface area contributed by atoms with Crippen LogP contribution in [-0.4, -0.2) is 21.4 Å². The molecule has 0 fully saturated rings. The van der Waals surface area contributed by atoms with E-state index >= 15 is 0 Å². The molecule has 18 heavy (non-hydrogen) atoms. The third-order valence-electron chi connectivity index (χ3n) is 2.04. The molecule has 5 nitrogen and oxygen atoms in total. The normalized spacial score (nSPS) is 13.2. The van der Waals surface area contributed by atoms with Gasteiger partial charge in [-0.2, -0.15) is 8.42 Å². The SMILES string of the molecule is C=CC[PH](=O)OCOS(=O)(=O)c1ccc(C)cc1. The van der Waals surface area contributed by atoms with Gasteiger partial charge in [-0.1, -0.05) is 23.8 Å². The van der Waals surface area contributed by atoms with Crippen LogP contribution < -0.4 is 0 Å². The summed E-state index contributed by atoms with van der Waals surface area (Å²) in [5, 5.41) is 0. The third kappa shape index (κ3) is 4.74. The quantitative estimate of drug-likeness (QED) is 0.333. The molecular weight excluding hydrogens is 275 g/mol. The Labute approximate surface area is 107 Å². The molecule has 0 aliphatic heterocycles. The van der Waals surface area contributed by atoms with Crippen molar-refractivity contribution in [3.8, 4) is 0 Å². The molecule has 0 radical (unpaired) electrons. The zero-order valence-electron chi connectivity index (χ0n) is 9.96. The Bertz CT molecular complexity index is 521. The van der Waals surface area contributed by atoms with Crippen molar-refractivity contribution in [1.82, 2.24) is 0 Å². The molecule has 0 bridgehead atoms. The first-order chi connectivity index (χ1) is 8.45. The molecule has 1 aromatic rings. The van der Waals surface area contributed by atoms with E-state index in [1.165, 1.54) is 18.2 Å². The lowest BCUT2D eigenvalue weighted by Gasteiger charge is -2.06. The fraction of sp³-hybridized carbons (Fsp3) is 0.273. The highest BCUT2D eigenvalue weighted by atomic mass is 32.2. The molecule has 0 amide bonds. The van der Waals surface area contributed by atoms with Gasteiger partial charge < -0.3 is 4.52 Å². The van der Waals surface area contributed by atoms with Gasteiger partial charge in [0, 0.05) is 6.16 Å². The van der Waals surface area contributed by atoms with Crippen LogP contribution in [0, 0.1) is 6.92 Å². The van der Waals surface area contributed by atoms with Crippen LogP contribution >= 0.6 is 8.03 Å². The summed E-state index contributed by atoms with van der Waals surface area (Å²) >= 11 is 0. The minimum absolute atomic E-state index is 0.0418.